The standard InChI is InChI=1S/C18H12Cl2N2O5S2/c19-16-8-15(17(20)28-16)29(24,25)22-12-4-2-1-3-11(12)18(23)21-10-5-6-13-14(7-10)27-9-26-13/h1-8,22H,9H2,(H,21,23). The topological polar surface area (TPSA) is 93.7 Å². The van der Waals surface area contributed by atoms with Crippen molar-refractivity contribution in [2.75, 3.05) is 16.8 Å². The molecule has 2 N–H and O–H groups in total. The van der Waals surface area contributed by atoms with Gasteiger partial charge in [-0.15, -0.1) is 11.3 Å². The van der Waals surface area contributed by atoms with E-state index in [1.165, 1.54) is 18.2 Å². The molecule has 11 heteroatoms. The third-order valence-corrected chi connectivity index (χ3v) is 7.08. The van der Waals surface area contributed by atoms with E-state index in [1.54, 1.807) is 30.3 Å². The van der Waals surface area contributed by atoms with Crippen LogP contribution in [0.3, 0.4) is 0 Å². The molecule has 1 amide bonds. The zero-order valence-electron chi connectivity index (χ0n) is 14.4. The number of hydrogen-bond donors (Lipinski definition) is 2. The molecule has 0 unspecified atom stereocenters. The molecule has 150 valence electrons. The molecule has 1 aromatic heterocycles. The van der Waals surface area contributed by atoms with Crippen molar-refractivity contribution in [2.45, 2.75) is 4.90 Å². The molecule has 0 saturated carbocycles. The highest BCUT2D eigenvalue weighted by atomic mass is 35.5. The van der Waals surface area contributed by atoms with Gasteiger partial charge in [0, 0.05) is 11.8 Å². The number of fused-ring (bicyclic) bond motifs is 1. The van der Waals surface area contributed by atoms with Crippen molar-refractivity contribution in [1.29, 1.82) is 0 Å². The summed E-state index contributed by atoms with van der Waals surface area (Å²) in [6.07, 6.45) is 0. The van der Waals surface area contributed by atoms with E-state index in [4.69, 9.17) is 32.7 Å². The van der Waals surface area contributed by atoms with E-state index in [9.17, 15) is 13.2 Å². The SMILES string of the molecule is O=C(Nc1ccc2c(c1)OCO2)c1ccccc1NS(=O)(=O)c1cc(Cl)sc1Cl. The fourth-order valence-corrected chi connectivity index (χ4v) is 5.88. The largest absolute Gasteiger partial charge is 0.454 e. The molecule has 2 aromatic carbocycles. The number of para-hydroxylation sites is 1. The molecular formula is C18H12Cl2N2O5S2. The van der Waals surface area contributed by atoms with Crippen molar-refractivity contribution in [3.8, 4) is 11.5 Å². The maximum absolute atomic E-state index is 12.8. The number of ether oxygens (including phenoxy) is 2. The van der Waals surface area contributed by atoms with Gasteiger partial charge in [0.1, 0.15) is 9.23 Å². The lowest BCUT2D eigenvalue weighted by atomic mass is 10.1. The van der Waals surface area contributed by atoms with E-state index in [-0.39, 0.29) is 31.6 Å². The first-order chi connectivity index (χ1) is 13.8. The first-order valence-corrected chi connectivity index (χ1v) is 11.2. The molecule has 0 atom stereocenters. The first kappa shape index (κ1) is 19.8. The van der Waals surface area contributed by atoms with Crippen LogP contribution >= 0.6 is 34.5 Å². The van der Waals surface area contributed by atoms with Crippen LogP contribution in [0.4, 0.5) is 11.4 Å². The monoisotopic (exact) mass is 470 g/mol. The second-order valence-corrected chi connectivity index (χ2v) is 9.80. The molecule has 29 heavy (non-hydrogen) atoms. The van der Waals surface area contributed by atoms with Crippen molar-refractivity contribution in [3.63, 3.8) is 0 Å². The molecule has 4 rings (SSSR count). The van der Waals surface area contributed by atoms with E-state index in [0.717, 1.165) is 11.3 Å². The second-order valence-electron chi connectivity index (χ2n) is 5.86. The lowest BCUT2D eigenvalue weighted by Crippen LogP contribution is -2.18. The van der Waals surface area contributed by atoms with Gasteiger partial charge in [0.2, 0.25) is 6.79 Å². The van der Waals surface area contributed by atoms with Crippen LogP contribution in [0.15, 0.2) is 53.4 Å². The lowest BCUT2D eigenvalue weighted by molar-refractivity contribution is 0.102. The fraction of sp³-hybridized carbons (Fsp3) is 0.0556. The van der Waals surface area contributed by atoms with Gasteiger partial charge < -0.3 is 14.8 Å². The molecule has 7 nitrogen and oxygen atoms in total. The van der Waals surface area contributed by atoms with Gasteiger partial charge in [-0.2, -0.15) is 0 Å². The van der Waals surface area contributed by atoms with Crippen LogP contribution in [0.1, 0.15) is 10.4 Å². The normalized spacial score (nSPS) is 12.6. The quantitative estimate of drug-likeness (QED) is 0.556. The van der Waals surface area contributed by atoms with Crippen molar-refractivity contribution in [3.05, 3.63) is 62.8 Å². The Hall–Kier alpha value is -2.46. The van der Waals surface area contributed by atoms with Crippen molar-refractivity contribution < 1.29 is 22.7 Å². The zero-order chi connectivity index (χ0) is 20.6. The minimum atomic E-state index is -4.03. The van der Waals surface area contributed by atoms with Crippen molar-refractivity contribution in [2.24, 2.45) is 0 Å². The average Bonchev–Trinajstić information content (AvgIpc) is 3.27. The first-order valence-electron chi connectivity index (χ1n) is 8.11. The van der Waals surface area contributed by atoms with Crippen LogP contribution in [-0.4, -0.2) is 21.1 Å². The minimum absolute atomic E-state index is 0.0322. The maximum Gasteiger partial charge on any atom is 0.264 e. The van der Waals surface area contributed by atoms with Crippen LogP contribution in [0.25, 0.3) is 0 Å². The Labute approximate surface area is 180 Å². The number of nitrogens with one attached hydrogen (secondary N) is 2. The molecule has 0 spiro atoms. The summed E-state index contributed by atoms with van der Waals surface area (Å²) >= 11 is 12.7. The number of carbonyl (C=O) groups excluding carboxylic acids is 1. The summed E-state index contributed by atoms with van der Waals surface area (Å²) in [5.41, 5.74) is 0.708. The zero-order valence-corrected chi connectivity index (χ0v) is 17.6. The van der Waals surface area contributed by atoms with Crippen LogP contribution in [-0.2, 0) is 10.0 Å². The predicted molar refractivity (Wildman–Crippen MR) is 112 cm³/mol. The smallest absolute Gasteiger partial charge is 0.264 e. The van der Waals surface area contributed by atoms with Crippen LogP contribution in [0.2, 0.25) is 8.67 Å². The summed E-state index contributed by atoms with van der Waals surface area (Å²) in [7, 11) is -4.03. The highest BCUT2D eigenvalue weighted by molar-refractivity contribution is 7.93. The number of carbonyl (C=O) groups is 1. The summed E-state index contributed by atoms with van der Waals surface area (Å²) in [5.74, 6) is 0.597. The number of anilines is 2. The molecule has 2 heterocycles. The number of amides is 1. The lowest BCUT2D eigenvalue weighted by Gasteiger charge is -2.12. The Bertz CT molecular complexity index is 1210. The number of hydrogen-bond acceptors (Lipinski definition) is 6. The van der Waals surface area contributed by atoms with Gasteiger partial charge in [0.25, 0.3) is 15.9 Å². The van der Waals surface area contributed by atoms with Gasteiger partial charge >= 0.3 is 0 Å². The number of sulfonamides is 1. The summed E-state index contributed by atoms with van der Waals surface area (Å²) in [4.78, 5) is 12.6. The Morgan fingerprint density at radius 3 is 2.55 bits per heavy atom. The van der Waals surface area contributed by atoms with E-state index in [1.807, 2.05) is 0 Å². The highest BCUT2D eigenvalue weighted by Gasteiger charge is 2.23. The number of halogens is 2. The Morgan fingerprint density at radius 2 is 1.79 bits per heavy atom. The van der Waals surface area contributed by atoms with E-state index in [2.05, 4.69) is 10.0 Å². The molecule has 0 radical (unpaired) electrons. The minimum Gasteiger partial charge on any atom is -0.454 e. The molecule has 0 saturated heterocycles. The van der Waals surface area contributed by atoms with E-state index >= 15 is 0 Å². The molecule has 1 aliphatic heterocycles. The Kier molecular flexibility index (Phi) is 5.30. The highest BCUT2D eigenvalue weighted by Crippen LogP contribution is 2.36. The van der Waals surface area contributed by atoms with Gasteiger partial charge in [-0.05, 0) is 30.3 Å². The molecular weight excluding hydrogens is 459 g/mol. The van der Waals surface area contributed by atoms with Gasteiger partial charge in [0.15, 0.2) is 11.5 Å². The Morgan fingerprint density at radius 1 is 1.03 bits per heavy atom. The van der Waals surface area contributed by atoms with Crippen LogP contribution < -0.4 is 19.5 Å². The van der Waals surface area contributed by atoms with Gasteiger partial charge in [-0.1, -0.05) is 35.3 Å². The third-order valence-electron chi connectivity index (χ3n) is 3.96. The van der Waals surface area contributed by atoms with Crippen molar-refractivity contribution in [1.82, 2.24) is 0 Å². The molecule has 3 aromatic rings. The van der Waals surface area contributed by atoms with Gasteiger partial charge in [-0.25, -0.2) is 8.42 Å². The summed E-state index contributed by atoms with van der Waals surface area (Å²) in [5, 5.41) is 2.71. The molecule has 0 aliphatic carbocycles. The number of thiophene rings is 1. The second kappa shape index (κ2) is 7.75. The number of rotatable bonds is 5. The molecule has 0 fully saturated rings. The summed E-state index contributed by atoms with van der Waals surface area (Å²) in [6.45, 7) is 0.118. The summed E-state index contributed by atoms with van der Waals surface area (Å²) < 4.78 is 38.6. The maximum atomic E-state index is 12.8. The average molecular weight is 471 g/mol. The van der Waals surface area contributed by atoms with Crippen LogP contribution in [0, 0.1) is 0 Å². The van der Waals surface area contributed by atoms with E-state index in [0.29, 0.717) is 17.2 Å². The molecule has 0 bridgehead atoms. The molecule has 1 aliphatic rings. The Balaban J connectivity index is 1.59. The van der Waals surface area contributed by atoms with Crippen LogP contribution in [0.5, 0.6) is 11.5 Å². The van der Waals surface area contributed by atoms with Crippen molar-refractivity contribution >= 4 is 61.8 Å². The van der Waals surface area contributed by atoms with Gasteiger partial charge in [0.05, 0.1) is 15.6 Å². The van der Waals surface area contributed by atoms with E-state index < -0.39 is 15.9 Å². The fourth-order valence-electron chi connectivity index (χ4n) is 2.65. The number of benzene rings is 2. The predicted octanol–water partition coefficient (Wildman–Crippen LogP) is 4.84. The third kappa shape index (κ3) is 4.13. The summed E-state index contributed by atoms with van der Waals surface area (Å²) in [6, 6.07) is 12.4. The van der Waals surface area contributed by atoms with Gasteiger partial charge in [-0.3, -0.25) is 9.52 Å².